The average molecular weight is 660 g/mol. The first-order valence-electron chi connectivity index (χ1n) is 14.1. The second-order valence-electron chi connectivity index (χ2n) is 11.4. The number of rotatable bonds is 8. The number of ether oxygens (including phenoxy) is 1. The number of hydrogen-bond acceptors (Lipinski definition) is 10. The summed E-state index contributed by atoms with van der Waals surface area (Å²) < 4.78 is 60.6. The van der Waals surface area contributed by atoms with E-state index in [-0.39, 0.29) is 45.5 Å². The first kappa shape index (κ1) is 30.9. The van der Waals surface area contributed by atoms with Gasteiger partial charge in [0.1, 0.15) is 16.6 Å². The summed E-state index contributed by atoms with van der Waals surface area (Å²) in [6, 6.07) is 20.5. The molecule has 6 rings (SSSR count). The highest BCUT2D eigenvalue weighted by molar-refractivity contribution is 7.89. The molecule has 0 saturated carbocycles. The maximum atomic E-state index is 13.5. The van der Waals surface area contributed by atoms with Crippen molar-refractivity contribution in [1.29, 1.82) is 0 Å². The van der Waals surface area contributed by atoms with Crippen LogP contribution < -0.4 is 4.90 Å². The van der Waals surface area contributed by atoms with Gasteiger partial charge in [-0.15, -0.1) is 0 Å². The zero-order valence-electron chi connectivity index (χ0n) is 25.0. The van der Waals surface area contributed by atoms with Crippen LogP contribution in [0.1, 0.15) is 31.9 Å². The fraction of sp³-hybridized carbons (Fsp3) is 0.194. The monoisotopic (exact) mass is 659 g/mol. The van der Waals surface area contributed by atoms with Crippen molar-refractivity contribution in [1.82, 2.24) is 27.9 Å². The molecule has 0 spiro atoms. The molecule has 0 N–H and O–H groups in total. The molecule has 4 aromatic heterocycles. The predicted octanol–water partition coefficient (Wildman–Crippen LogP) is 5.01. The molecule has 0 fully saturated rings. The third kappa shape index (κ3) is 6.32. The molecule has 2 aromatic carbocycles. The van der Waals surface area contributed by atoms with E-state index in [1.165, 1.54) is 36.9 Å². The Labute approximate surface area is 265 Å². The van der Waals surface area contributed by atoms with Gasteiger partial charge >= 0.3 is 6.09 Å². The fourth-order valence-corrected chi connectivity index (χ4v) is 7.55. The summed E-state index contributed by atoms with van der Waals surface area (Å²) in [6.45, 7) is 5.09. The molecule has 0 bridgehead atoms. The zero-order chi connectivity index (χ0) is 32.7. The minimum Gasteiger partial charge on any atom is -0.443 e. The molecule has 0 atom stereocenters. The van der Waals surface area contributed by atoms with Gasteiger partial charge in [-0.1, -0.05) is 60.7 Å². The van der Waals surface area contributed by atoms with Gasteiger partial charge in [-0.05, 0) is 44.0 Å². The molecule has 1 amide bonds. The van der Waals surface area contributed by atoms with Crippen LogP contribution in [0.25, 0.3) is 22.3 Å². The number of aromatic nitrogens is 6. The van der Waals surface area contributed by atoms with Crippen molar-refractivity contribution in [2.24, 2.45) is 0 Å². The Morgan fingerprint density at radius 3 is 1.50 bits per heavy atom. The SMILES string of the molecule is CC(C)(C)OC(=O)N(c1cnc2c(ccn2S(=O)(=O)Cc2ccccc2)n1)c1cnc2c(ccn2S(=O)(=O)Cc2ccccc2)n1. The molecule has 0 saturated heterocycles. The van der Waals surface area contributed by atoms with E-state index < -0.39 is 31.7 Å². The lowest BCUT2D eigenvalue weighted by molar-refractivity contribution is 0.0597. The standard InChI is InChI=1S/C31H29N7O6S2/c1-31(2,3)44-30(39)38(26-18-32-28-24(34-26)14-16-36(28)45(40,41)20-22-10-6-4-7-11-22)27-19-33-29-25(35-27)15-17-37(29)46(42,43)21-23-12-8-5-9-13-23/h4-19H,20-21H2,1-3H3. The van der Waals surface area contributed by atoms with Gasteiger partial charge in [0.15, 0.2) is 22.9 Å². The Morgan fingerprint density at radius 2 is 1.11 bits per heavy atom. The van der Waals surface area contributed by atoms with E-state index in [2.05, 4.69) is 19.9 Å². The summed E-state index contributed by atoms with van der Waals surface area (Å²) in [7, 11) is -7.68. The van der Waals surface area contributed by atoms with Gasteiger partial charge in [0.25, 0.3) is 0 Å². The second kappa shape index (κ2) is 11.7. The van der Waals surface area contributed by atoms with Crippen molar-refractivity contribution < 1.29 is 26.4 Å². The molecular formula is C31H29N7O6S2. The van der Waals surface area contributed by atoms with Gasteiger partial charge in [-0.2, -0.15) is 0 Å². The normalized spacial score (nSPS) is 12.4. The van der Waals surface area contributed by atoms with Gasteiger partial charge < -0.3 is 4.74 Å². The molecule has 4 heterocycles. The van der Waals surface area contributed by atoms with Crippen LogP contribution in [0, 0.1) is 0 Å². The number of fused-ring (bicyclic) bond motifs is 2. The summed E-state index contributed by atoms with van der Waals surface area (Å²) in [5, 5.41) is 0. The molecule has 6 aromatic rings. The van der Waals surface area contributed by atoms with Crippen LogP contribution in [0.5, 0.6) is 0 Å². The molecule has 0 unspecified atom stereocenters. The summed E-state index contributed by atoms with van der Waals surface area (Å²) in [4.78, 5) is 32.3. The molecule has 15 heteroatoms. The van der Waals surface area contributed by atoms with E-state index in [0.29, 0.717) is 11.1 Å². The second-order valence-corrected chi connectivity index (χ2v) is 15.1. The molecule has 0 aliphatic carbocycles. The largest absolute Gasteiger partial charge is 0.443 e. The van der Waals surface area contributed by atoms with Crippen molar-refractivity contribution in [3.8, 4) is 0 Å². The topological polar surface area (TPSA) is 159 Å². The molecule has 13 nitrogen and oxygen atoms in total. The van der Waals surface area contributed by atoms with Crippen LogP contribution in [0.15, 0.2) is 97.6 Å². The highest BCUT2D eigenvalue weighted by Gasteiger charge is 2.29. The van der Waals surface area contributed by atoms with Gasteiger partial charge in [0, 0.05) is 12.4 Å². The summed E-state index contributed by atoms with van der Waals surface area (Å²) in [5.74, 6) is -0.516. The van der Waals surface area contributed by atoms with E-state index in [0.717, 1.165) is 12.8 Å². The summed E-state index contributed by atoms with van der Waals surface area (Å²) in [5.41, 5.74) is 0.886. The van der Waals surface area contributed by atoms with Gasteiger partial charge in [0.05, 0.1) is 23.9 Å². The molecule has 236 valence electrons. The lowest BCUT2D eigenvalue weighted by Crippen LogP contribution is -2.35. The van der Waals surface area contributed by atoms with Crippen molar-refractivity contribution in [2.45, 2.75) is 37.9 Å². The predicted molar refractivity (Wildman–Crippen MR) is 172 cm³/mol. The van der Waals surface area contributed by atoms with Crippen molar-refractivity contribution in [2.75, 3.05) is 4.90 Å². The van der Waals surface area contributed by atoms with Crippen LogP contribution in [0.4, 0.5) is 16.4 Å². The van der Waals surface area contributed by atoms with Gasteiger partial charge in [-0.3, -0.25) is 0 Å². The summed E-state index contributed by atoms with van der Waals surface area (Å²) >= 11 is 0. The van der Waals surface area contributed by atoms with E-state index in [4.69, 9.17) is 4.74 Å². The lowest BCUT2D eigenvalue weighted by atomic mass is 10.2. The Bertz CT molecular complexity index is 2130. The number of amides is 1. The number of benzene rings is 2. The third-order valence-corrected chi connectivity index (χ3v) is 9.89. The smallest absolute Gasteiger partial charge is 0.422 e. The Balaban J connectivity index is 1.38. The Hall–Kier alpha value is -5.15. The maximum absolute atomic E-state index is 13.5. The van der Waals surface area contributed by atoms with Crippen LogP contribution >= 0.6 is 0 Å². The molecular weight excluding hydrogens is 631 g/mol. The minimum atomic E-state index is -3.84. The van der Waals surface area contributed by atoms with Crippen molar-refractivity contribution >= 4 is 60.1 Å². The number of carbonyl (C=O) groups excluding carboxylic acids is 1. The number of hydrogen-bond donors (Lipinski definition) is 0. The van der Waals surface area contributed by atoms with E-state index >= 15 is 0 Å². The molecule has 0 radical (unpaired) electrons. The van der Waals surface area contributed by atoms with E-state index in [1.54, 1.807) is 81.4 Å². The molecule has 0 aliphatic heterocycles. The van der Waals surface area contributed by atoms with Crippen molar-refractivity contribution in [3.05, 3.63) is 109 Å². The maximum Gasteiger partial charge on any atom is 0.422 e. The van der Waals surface area contributed by atoms with Crippen LogP contribution in [0.3, 0.4) is 0 Å². The van der Waals surface area contributed by atoms with Crippen LogP contribution in [0.2, 0.25) is 0 Å². The first-order chi connectivity index (χ1) is 21.8. The molecule has 0 aliphatic rings. The number of anilines is 2. The van der Waals surface area contributed by atoms with Crippen LogP contribution in [-0.2, 0) is 36.3 Å². The quantitative estimate of drug-likeness (QED) is 0.217. The minimum absolute atomic E-state index is 0.00950. The zero-order valence-corrected chi connectivity index (χ0v) is 26.7. The van der Waals surface area contributed by atoms with E-state index in [1.807, 2.05) is 0 Å². The third-order valence-electron chi connectivity index (χ3n) is 6.70. The van der Waals surface area contributed by atoms with Gasteiger partial charge in [-0.25, -0.2) is 54.4 Å². The van der Waals surface area contributed by atoms with Crippen LogP contribution in [-0.4, -0.2) is 56.4 Å². The average Bonchev–Trinajstić information content (AvgIpc) is 3.62. The van der Waals surface area contributed by atoms with E-state index in [9.17, 15) is 21.6 Å². The Morgan fingerprint density at radius 1 is 0.696 bits per heavy atom. The fourth-order valence-electron chi connectivity index (χ4n) is 4.74. The number of nitrogens with zero attached hydrogens (tertiary/aromatic N) is 7. The number of carbonyl (C=O) groups is 1. The Kier molecular flexibility index (Phi) is 7.82. The lowest BCUT2D eigenvalue weighted by Gasteiger charge is -2.25. The highest BCUT2D eigenvalue weighted by Crippen LogP contribution is 2.28. The summed E-state index contributed by atoms with van der Waals surface area (Å²) in [6.07, 6.45) is 4.34. The highest BCUT2D eigenvalue weighted by atomic mass is 32.2. The van der Waals surface area contributed by atoms with Gasteiger partial charge in [0.2, 0.25) is 20.0 Å². The first-order valence-corrected chi connectivity index (χ1v) is 17.3. The molecule has 46 heavy (non-hydrogen) atoms. The van der Waals surface area contributed by atoms with Crippen molar-refractivity contribution in [3.63, 3.8) is 0 Å².